The number of aromatic nitrogens is 1. The number of hydrogen-bond donors (Lipinski definition) is 0. The summed E-state index contributed by atoms with van der Waals surface area (Å²) < 4.78 is 58.2. The van der Waals surface area contributed by atoms with Crippen LogP contribution in [-0.2, 0) is 46.9 Å². The van der Waals surface area contributed by atoms with Crippen LogP contribution >= 0.6 is 0 Å². The number of allylic oxidation sites excluding steroid dienone is 4. The van der Waals surface area contributed by atoms with Crippen molar-refractivity contribution in [2.75, 3.05) is 6.79 Å². The van der Waals surface area contributed by atoms with Crippen molar-refractivity contribution < 1.29 is 66.3 Å². The summed E-state index contributed by atoms with van der Waals surface area (Å²) in [6, 6.07) is 79.2. The van der Waals surface area contributed by atoms with Gasteiger partial charge in [-0.3, -0.25) is 9.59 Å². The quantitative estimate of drug-likeness (QED) is 0.0393. The Balaban J connectivity index is 0.000000130. The number of ether oxygens (including phenoxy) is 8. The van der Waals surface area contributed by atoms with Gasteiger partial charge in [0.25, 0.3) is 0 Å². The monoisotopic (exact) mass is 1590 g/mol. The van der Waals surface area contributed by atoms with Crippen LogP contribution in [-0.4, -0.2) is 52.8 Å². The lowest BCUT2D eigenvalue weighted by Gasteiger charge is -2.35. The lowest BCUT2D eigenvalue weighted by atomic mass is 9.68. The molecule has 2 aromatic heterocycles. The number of nitrogens with zero attached hydrogens (tertiary/aromatic N) is 1. The molecule has 0 radical (unpaired) electrons. The summed E-state index contributed by atoms with van der Waals surface area (Å²) in [7, 11) is 2.05. The highest BCUT2D eigenvalue weighted by Crippen LogP contribution is 2.57. The number of aryl methyl sites for hydroxylation is 2. The number of furan rings is 1. The topological polar surface area (TPSA) is 177 Å². The molecule has 14 aromatic rings. The first-order valence-electron chi connectivity index (χ1n) is 40.8. The zero-order chi connectivity index (χ0) is 83.7. The number of carbonyl (C=O) groups is 5. The third kappa shape index (κ3) is 13.8. The van der Waals surface area contributed by atoms with E-state index >= 15 is 0 Å². The van der Waals surface area contributed by atoms with Crippen molar-refractivity contribution >= 4 is 106 Å². The number of Topliss-reactive ketones (excluding diaryl/α,β-unsaturated/α-hetero) is 1. The molecular weight excluding hydrogens is 1500 g/mol. The van der Waals surface area contributed by atoms with Gasteiger partial charge in [-0.25, -0.2) is 14.4 Å². The van der Waals surface area contributed by atoms with E-state index in [0.29, 0.717) is 79.8 Å². The predicted octanol–water partition coefficient (Wildman–Crippen LogP) is 24.2. The van der Waals surface area contributed by atoms with Gasteiger partial charge in [-0.05, 0) is 207 Å². The third-order valence-electron chi connectivity index (χ3n) is 24.2. The van der Waals surface area contributed by atoms with Gasteiger partial charge in [0, 0.05) is 91.5 Å². The summed E-state index contributed by atoms with van der Waals surface area (Å²) in [5.74, 6) is -0.367. The van der Waals surface area contributed by atoms with Gasteiger partial charge < -0.3 is 46.9 Å². The van der Waals surface area contributed by atoms with E-state index in [1.165, 1.54) is 0 Å². The third-order valence-corrected chi connectivity index (χ3v) is 24.2. The molecule has 120 heavy (non-hydrogen) atoms. The molecule has 1 unspecified atom stereocenters. The first-order valence-corrected chi connectivity index (χ1v) is 40.8. The highest BCUT2D eigenvalue weighted by atomic mass is 16.9. The van der Waals surface area contributed by atoms with Gasteiger partial charge in [-0.15, -0.1) is 0 Å². The van der Waals surface area contributed by atoms with Crippen LogP contribution in [0.1, 0.15) is 119 Å². The van der Waals surface area contributed by atoms with Gasteiger partial charge in [-0.2, -0.15) is 0 Å². The molecule has 1 saturated carbocycles. The van der Waals surface area contributed by atoms with Crippen molar-refractivity contribution in [1.29, 1.82) is 0 Å². The van der Waals surface area contributed by atoms with Gasteiger partial charge >= 0.3 is 29.9 Å². The van der Waals surface area contributed by atoms with Crippen LogP contribution in [0.2, 0.25) is 0 Å². The van der Waals surface area contributed by atoms with Crippen LogP contribution in [0.25, 0.3) is 98.4 Å². The second-order valence-electron chi connectivity index (χ2n) is 32.4. The predicted molar refractivity (Wildman–Crippen MR) is 472 cm³/mol. The van der Waals surface area contributed by atoms with Gasteiger partial charge in [-0.1, -0.05) is 220 Å². The highest BCUT2D eigenvalue weighted by molar-refractivity contribution is 6.15. The fraction of sp³-hybridized carbons (Fsp3) is 0.210. The number of fused-ring (bicyclic) bond motifs is 16. The van der Waals surface area contributed by atoms with Crippen LogP contribution in [0.3, 0.4) is 0 Å². The van der Waals surface area contributed by atoms with E-state index in [9.17, 15) is 24.0 Å². The fourth-order valence-electron chi connectivity index (χ4n) is 18.4. The Bertz CT molecular complexity index is 6550. The molecule has 0 amide bonds. The summed E-state index contributed by atoms with van der Waals surface area (Å²) in [4.78, 5) is 65.0. The van der Waals surface area contributed by atoms with E-state index in [-0.39, 0.29) is 24.4 Å². The van der Waals surface area contributed by atoms with Crippen molar-refractivity contribution in [1.82, 2.24) is 4.57 Å². The highest BCUT2D eigenvalue weighted by Gasteiger charge is 2.59. The molecule has 2 spiro atoms. The molecule has 12 aromatic carbocycles. The van der Waals surface area contributed by atoms with Crippen molar-refractivity contribution in [3.8, 4) is 51.0 Å². The number of esters is 3. The Hall–Kier alpha value is -13.8. The lowest BCUT2D eigenvalue weighted by Crippen LogP contribution is -2.43. The average Bonchev–Trinajstić information content (AvgIpc) is 1.68. The Kier molecular flexibility index (Phi) is 20.7. The molecular formula is C105H91NO14. The van der Waals surface area contributed by atoms with Gasteiger partial charge in [0.1, 0.15) is 45.9 Å². The summed E-state index contributed by atoms with van der Waals surface area (Å²) in [6.07, 6.45) is 3.87. The molecule has 19 rings (SSSR count). The van der Waals surface area contributed by atoms with Crippen LogP contribution in [0.5, 0.6) is 28.7 Å². The molecule has 4 aliphatic heterocycles. The molecule has 15 heteroatoms. The Morgan fingerprint density at radius 3 is 1.34 bits per heavy atom. The second kappa shape index (κ2) is 31.6. The first kappa shape index (κ1) is 78.7. The zero-order valence-corrected chi connectivity index (χ0v) is 69.2. The average molecular weight is 1590 g/mol. The molecule has 600 valence electrons. The summed E-state index contributed by atoms with van der Waals surface area (Å²) >= 11 is 0. The maximum absolute atomic E-state index is 14.1. The molecule has 6 heterocycles. The number of hydrogen-bond acceptors (Lipinski definition) is 14. The standard InChI is InChI=1S/C39H31NO4.C38H28O5.C28H32O5/c1-22(2)37-34(23(3)33-24(4)40(5)30-17-11-10-16-29(30)33)38(41)44-39(37)42-31-20-18-25-12-6-8-14-27(25)35(31)36-28-15-9-7-13-26(28)19-21-32(36)43-39;1-21(2)36-33(22(3)32-23(4)40-29-16-10-9-15-28(29)32)37(39)43-38(36)41-30-19-17-24-11-5-7-13-26(24)34(30)35-27-14-8-6-12-25(27)18-20-31(35)42-38;1-5-26(29)33-17-32-23-13-11-22(12-14-23)27(30)21-9-7-20(8-10-21)16-25-19(4)6-15-24(18(2)3)28(25)31/h6-21H,1-5H3;5-20H,1-4H3;5,7-14,18-19,24-25H,1,6,15-17H2,2-4H3/b34-23+;33-22+;/t;;19-,24+,25?/m..1/s1. The fourth-order valence-corrected chi connectivity index (χ4v) is 18.4. The van der Waals surface area contributed by atoms with Crippen molar-refractivity contribution in [3.63, 3.8) is 0 Å². The minimum atomic E-state index is -1.83. The van der Waals surface area contributed by atoms with Crippen LogP contribution in [0.15, 0.2) is 293 Å². The smallest absolute Gasteiger partial charge is 0.450 e. The molecule has 3 fully saturated rings. The van der Waals surface area contributed by atoms with E-state index in [1.54, 1.807) is 24.3 Å². The van der Waals surface area contributed by atoms with E-state index in [1.807, 2.05) is 206 Å². The maximum Gasteiger partial charge on any atom is 0.450 e. The molecule has 5 aliphatic rings. The summed E-state index contributed by atoms with van der Waals surface area (Å²) in [5.41, 5.74) is 16.0. The van der Waals surface area contributed by atoms with E-state index in [2.05, 4.69) is 107 Å². The molecule has 1 aliphatic carbocycles. The minimum absolute atomic E-state index is 0.0472. The van der Waals surface area contributed by atoms with Gasteiger partial charge in [0.2, 0.25) is 6.79 Å². The Morgan fingerprint density at radius 1 is 0.492 bits per heavy atom. The summed E-state index contributed by atoms with van der Waals surface area (Å²) in [6.45, 7) is 25.3. The number of carbonyl (C=O) groups excluding carboxylic acids is 5. The SMILES string of the molecule is C=CC(=O)OCOc1ccc(C(=O)c2ccc(CC3C(=O)[C@H](C(C)C)CC[C@H]3C)cc2)cc1.CC(C)=C1/C(=C(/C)c2c(C)n(C)c3ccccc23)C(=O)OC12Oc1ccc3ccccc3c1-c1c(ccc3ccccc13)O2.CC(C)=C1/C(=C(/C)c2c(C)oc3ccccc23)C(=O)OC12Oc1ccc3ccccc3c1-c1c(ccc3ccccc13)O2. The lowest BCUT2D eigenvalue weighted by molar-refractivity contribution is -0.246. The zero-order valence-electron chi connectivity index (χ0n) is 69.2. The van der Waals surface area contributed by atoms with Gasteiger partial charge in [0.15, 0.2) is 5.78 Å². The number of rotatable bonds is 11. The van der Waals surface area contributed by atoms with Crippen LogP contribution in [0, 0.1) is 37.5 Å². The largest absolute Gasteiger partial charge is 0.461 e. The maximum atomic E-state index is 14.1. The van der Waals surface area contributed by atoms with Crippen LogP contribution < -0.4 is 23.7 Å². The van der Waals surface area contributed by atoms with Crippen molar-refractivity contribution in [2.45, 2.75) is 107 Å². The Labute approximate surface area is 696 Å². The van der Waals surface area contributed by atoms with E-state index < -0.39 is 29.9 Å². The molecule has 0 N–H and O–H groups in total. The molecule has 0 bridgehead atoms. The number of para-hydroxylation sites is 2. The first-order chi connectivity index (χ1) is 57.9. The molecule has 3 atom stereocenters. The van der Waals surface area contributed by atoms with Crippen LogP contribution in [0.4, 0.5) is 0 Å². The number of ketones is 2. The number of benzene rings is 12. The Morgan fingerprint density at radius 2 is 0.900 bits per heavy atom. The van der Waals surface area contributed by atoms with Crippen molar-refractivity contribution in [3.05, 3.63) is 328 Å². The van der Waals surface area contributed by atoms with E-state index in [4.69, 9.17) is 42.3 Å². The molecule has 2 saturated heterocycles. The molecule has 15 nitrogen and oxygen atoms in total. The van der Waals surface area contributed by atoms with Crippen molar-refractivity contribution in [2.24, 2.45) is 30.7 Å². The normalized spacial score (nSPS) is 17.5. The van der Waals surface area contributed by atoms with E-state index in [0.717, 1.165) is 163 Å². The second-order valence-corrected chi connectivity index (χ2v) is 32.4. The van der Waals surface area contributed by atoms with Gasteiger partial charge in [0.05, 0.1) is 22.3 Å². The summed E-state index contributed by atoms with van der Waals surface area (Å²) in [5, 5.41) is 10.4. The minimum Gasteiger partial charge on any atom is -0.461 e.